The lowest BCUT2D eigenvalue weighted by molar-refractivity contribution is -0.134. The summed E-state index contributed by atoms with van der Waals surface area (Å²) in [5.41, 5.74) is 3.62. The second-order valence-electron chi connectivity index (χ2n) is 8.14. The van der Waals surface area contributed by atoms with E-state index in [-0.39, 0.29) is 25.9 Å². The maximum atomic E-state index is 13.3. The van der Waals surface area contributed by atoms with Crippen molar-refractivity contribution in [1.82, 2.24) is 9.88 Å². The van der Waals surface area contributed by atoms with Crippen molar-refractivity contribution in [1.29, 1.82) is 10.5 Å². The first-order valence-corrected chi connectivity index (χ1v) is 11.5. The summed E-state index contributed by atoms with van der Waals surface area (Å²) in [5.74, 6) is -0.310. The van der Waals surface area contributed by atoms with Gasteiger partial charge in [0.1, 0.15) is 5.76 Å². The number of furan rings is 1. The normalized spacial score (nSPS) is 13.6. The first-order valence-electron chi connectivity index (χ1n) is 11.5. The molecule has 0 fully saturated rings. The van der Waals surface area contributed by atoms with E-state index in [4.69, 9.17) is 24.7 Å². The van der Waals surface area contributed by atoms with Gasteiger partial charge in [0.05, 0.1) is 48.0 Å². The molecule has 8 heteroatoms. The Hall–Kier alpha value is -4.43. The van der Waals surface area contributed by atoms with E-state index in [2.05, 4.69) is 0 Å². The number of rotatable bonds is 8. The minimum Gasteiger partial charge on any atom is -0.465 e. The third-order valence-corrected chi connectivity index (χ3v) is 5.90. The largest absolute Gasteiger partial charge is 0.465 e. The molecule has 0 radical (unpaired) electrons. The highest BCUT2D eigenvalue weighted by Gasteiger charge is 2.27. The van der Waals surface area contributed by atoms with Gasteiger partial charge in [-0.15, -0.1) is 0 Å². The quantitative estimate of drug-likeness (QED) is 0.446. The molecule has 0 bridgehead atoms. The van der Waals surface area contributed by atoms with Crippen LogP contribution in [0.5, 0.6) is 0 Å². The van der Waals surface area contributed by atoms with E-state index in [9.17, 15) is 9.59 Å². The molecule has 0 aliphatic heterocycles. The summed E-state index contributed by atoms with van der Waals surface area (Å²) in [5, 5.41) is 18.4. The van der Waals surface area contributed by atoms with Crippen LogP contribution in [0.3, 0.4) is 0 Å². The van der Waals surface area contributed by atoms with Crippen LogP contribution in [0.1, 0.15) is 53.1 Å². The fourth-order valence-electron chi connectivity index (χ4n) is 4.28. The molecular weight excluding hydrogens is 444 g/mol. The van der Waals surface area contributed by atoms with Gasteiger partial charge in [0.25, 0.3) is 5.91 Å². The number of pyridine rings is 1. The first-order chi connectivity index (χ1) is 17.1. The molecular formula is C27H24N4O4. The molecule has 0 N–H and O–H groups in total. The van der Waals surface area contributed by atoms with Crippen molar-refractivity contribution in [2.45, 2.75) is 32.1 Å². The van der Waals surface area contributed by atoms with E-state index in [1.54, 1.807) is 6.26 Å². The molecule has 2 heterocycles. The lowest BCUT2D eigenvalue weighted by Crippen LogP contribution is -2.36. The van der Waals surface area contributed by atoms with Crippen molar-refractivity contribution < 1.29 is 18.7 Å². The van der Waals surface area contributed by atoms with Crippen molar-refractivity contribution in [3.63, 3.8) is 0 Å². The van der Waals surface area contributed by atoms with E-state index in [0.29, 0.717) is 28.6 Å². The van der Waals surface area contributed by atoms with E-state index >= 15 is 0 Å². The number of allylic oxidation sites excluding steroid dienone is 1. The Bertz CT molecular complexity index is 1330. The second-order valence-corrected chi connectivity index (χ2v) is 8.14. The lowest BCUT2D eigenvalue weighted by atomic mass is 9.86. The molecule has 176 valence electrons. The molecule has 0 unspecified atom stereocenters. The first kappa shape index (κ1) is 23.7. The van der Waals surface area contributed by atoms with Crippen molar-refractivity contribution in [3.8, 4) is 12.1 Å². The number of ether oxygens (including phenoxy) is 1. The van der Waals surface area contributed by atoms with Crippen LogP contribution < -0.4 is 0 Å². The van der Waals surface area contributed by atoms with Gasteiger partial charge in [-0.2, -0.15) is 10.5 Å². The molecule has 1 aromatic carbocycles. The molecule has 1 aliphatic carbocycles. The van der Waals surface area contributed by atoms with Gasteiger partial charge < -0.3 is 14.1 Å². The molecule has 4 rings (SSSR count). The number of carbonyl (C=O) groups excluding carboxylic acids is 2. The number of benzene rings is 1. The van der Waals surface area contributed by atoms with Gasteiger partial charge >= 0.3 is 5.97 Å². The number of amides is 1. The summed E-state index contributed by atoms with van der Waals surface area (Å²) in [6.45, 7) is -0.0949. The average molecular weight is 469 g/mol. The SMILES string of the molecule is N#CCCN(CCC#N)C(=O)COC(=O)c1c2c(nc3ccccc13)/C(=C/c1ccco1)CCC2. The Labute approximate surface area is 203 Å². The number of para-hydroxylation sites is 1. The minimum absolute atomic E-state index is 0.137. The topological polar surface area (TPSA) is 120 Å². The molecule has 1 amide bonds. The van der Waals surface area contributed by atoms with Gasteiger partial charge in [-0.3, -0.25) is 4.79 Å². The Morgan fingerprint density at radius 2 is 1.86 bits per heavy atom. The van der Waals surface area contributed by atoms with Crippen molar-refractivity contribution in [2.24, 2.45) is 0 Å². The van der Waals surface area contributed by atoms with Crippen LogP contribution in [0, 0.1) is 22.7 Å². The Kier molecular flexibility index (Phi) is 7.54. The Balaban J connectivity index is 1.65. The third-order valence-electron chi connectivity index (χ3n) is 5.90. The number of fused-ring (bicyclic) bond motifs is 2. The predicted octanol–water partition coefficient (Wildman–Crippen LogP) is 4.52. The van der Waals surface area contributed by atoms with Crippen molar-refractivity contribution >= 4 is 34.4 Å². The standard InChI is InChI=1S/C27H24N4O4/c28-12-5-14-31(15-6-13-29)24(32)18-35-27(33)25-21-9-1-2-11-23(21)30-26-19(7-3-10-22(25)26)17-20-8-4-16-34-20/h1-2,4,8-9,11,16-17H,3,5-7,10,14-15,18H2/b19-17+. The van der Waals surface area contributed by atoms with Gasteiger partial charge in [0.15, 0.2) is 6.61 Å². The zero-order chi connectivity index (χ0) is 24.6. The van der Waals surface area contributed by atoms with Crippen LogP contribution in [-0.4, -0.2) is 41.5 Å². The summed E-state index contributed by atoms with van der Waals surface area (Å²) in [7, 11) is 0. The zero-order valence-corrected chi connectivity index (χ0v) is 19.2. The number of hydrogen-bond donors (Lipinski definition) is 0. The highest BCUT2D eigenvalue weighted by molar-refractivity contribution is 6.07. The lowest BCUT2D eigenvalue weighted by Gasteiger charge is -2.23. The molecule has 8 nitrogen and oxygen atoms in total. The van der Waals surface area contributed by atoms with E-state index in [1.165, 1.54) is 4.90 Å². The molecule has 3 aromatic rings. The van der Waals surface area contributed by atoms with Gasteiger partial charge in [-0.05, 0) is 54.7 Å². The summed E-state index contributed by atoms with van der Waals surface area (Å²) >= 11 is 0. The number of carbonyl (C=O) groups is 2. The molecule has 0 atom stereocenters. The summed E-state index contributed by atoms with van der Waals surface area (Å²) < 4.78 is 11.0. The van der Waals surface area contributed by atoms with Crippen LogP contribution in [0.4, 0.5) is 0 Å². The van der Waals surface area contributed by atoms with Crippen LogP contribution in [0.15, 0.2) is 47.1 Å². The average Bonchev–Trinajstić information content (AvgIpc) is 3.39. The van der Waals surface area contributed by atoms with E-state index in [0.717, 1.165) is 29.7 Å². The Morgan fingerprint density at radius 1 is 1.09 bits per heavy atom. The summed E-state index contributed by atoms with van der Waals surface area (Å²) in [6.07, 6.45) is 6.14. The van der Waals surface area contributed by atoms with Crippen LogP contribution >= 0.6 is 0 Å². The fraction of sp³-hybridized carbons (Fsp3) is 0.296. The molecule has 2 aromatic heterocycles. The smallest absolute Gasteiger partial charge is 0.339 e. The van der Waals surface area contributed by atoms with Crippen LogP contribution in [0.2, 0.25) is 0 Å². The van der Waals surface area contributed by atoms with Gasteiger partial charge in [0.2, 0.25) is 0 Å². The predicted molar refractivity (Wildman–Crippen MR) is 129 cm³/mol. The number of nitriles is 2. The van der Waals surface area contributed by atoms with Gasteiger partial charge in [0, 0.05) is 18.5 Å². The number of nitrogens with zero attached hydrogens (tertiary/aromatic N) is 4. The second kappa shape index (κ2) is 11.1. The molecule has 0 spiro atoms. The van der Waals surface area contributed by atoms with Crippen LogP contribution in [0.25, 0.3) is 22.6 Å². The number of hydrogen-bond acceptors (Lipinski definition) is 7. The molecule has 1 aliphatic rings. The van der Waals surface area contributed by atoms with Gasteiger partial charge in [-0.1, -0.05) is 18.2 Å². The maximum Gasteiger partial charge on any atom is 0.339 e. The van der Waals surface area contributed by atoms with Crippen molar-refractivity contribution in [3.05, 3.63) is 65.2 Å². The minimum atomic E-state index is -0.590. The number of esters is 1. The summed E-state index contributed by atoms with van der Waals surface area (Å²) in [4.78, 5) is 32.3. The van der Waals surface area contributed by atoms with Crippen molar-refractivity contribution in [2.75, 3.05) is 19.7 Å². The third kappa shape index (κ3) is 5.39. The fourth-order valence-corrected chi connectivity index (χ4v) is 4.28. The monoisotopic (exact) mass is 468 g/mol. The highest BCUT2D eigenvalue weighted by Crippen LogP contribution is 2.36. The molecule has 0 saturated heterocycles. The zero-order valence-electron chi connectivity index (χ0n) is 19.2. The van der Waals surface area contributed by atoms with E-state index < -0.39 is 18.5 Å². The van der Waals surface area contributed by atoms with Crippen LogP contribution in [-0.2, 0) is 16.0 Å². The molecule has 35 heavy (non-hydrogen) atoms. The highest BCUT2D eigenvalue weighted by atomic mass is 16.5. The molecule has 0 saturated carbocycles. The maximum absolute atomic E-state index is 13.3. The summed E-state index contributed by atoms with van der Waals surface area (Å²) in [6, 6.07) is 15.1. The Morgan fingerprint density at radius 3 is 2.57 bits per heavy atom. The van der Waals surface area contributed by atoms with Gasteiger partial charge in [-0.25, -0.2) is 9.78 Å². The van der Waals surface area contributed by atoms with E-state index in [1.807, 2.05) is 54.6 Å². The number of aromatic nitrogens is 1.